The van der Waals surface area contributed by atoms with Gasteiger partial charge in [0.2, 0.25) is 0 Å². The first-order chi connectivity index (χ1) is 23.5. The summed E-state index contributed by atoms with van der Waals surface area (Å²) in [4.78, 5) is 37.1. The molecule has 48 heavy (non-hydrogen) atoms. The predicted octanol–water partition coefficient (Wildman–Crippen LogP) is 8.86. The maximum absolute atomic E-state index is 12.6. The second-order valence-electron chi connectivity index (χ2n) is 13.9. The quantitative estimate of drug-likeness (QED) is 0.0379. The van der Waals surface area contributed by atoms with Crippen molar-refractivity contribution in [2.24, 2.45) is 5.73 Å². The van der Waals surface area contributed by atoms with Crippen molar-refractivity contribution >= 4 is 17.9 Å². The molecule has 0 aromatic carbocycles. The summed E-state index contributed by atoms with van der Waals surface area (Å²) in [6.45, 7) is 5.82. The van der Waals surface area contributed by atoms with Crippen LogP contribution in [0, 0.1) is 0 Å². The molecule has 1 atom stereocenters. The molecular formula is C40H79N2O6+. The summed E-state index contributed by atoms with van der Waals surface area (Å²) in [5.74, 6) is -1.01. The van der Waals surface area contributed by atoms with Crippen LogP contribution < -0.4 is 11.1 Å². The third-order valence-electron chi connectivity index (χ3n) is 9.05. The highest BCUT2D eigenvalue weighted by molar-refractivity contribution is 5.71. The Hall–Kier alpha value is -1.67. The van der Waals surface area contributed by atoms with E-state index in [9.17, 15) is 14.4 Å². The van der Waals surface area contributed by atoms with Crippen molar-refractivity contribution < 1.29 is 33.9 Å². The number of rotatable bonds is 38. The Labute approximate surface area is 296 Å². The Bertz CT molecular complexity index is 720. The molecule has 0 fully saturated rings. The van der Waals surface area contributed by atoms with Gasteiger partial charge in [0.05, 0.1) is 6.54 Å². The minimum atomic E-state index is -0.789. The number of quaternary nitrogens is 1. The van der Waals surface area contributed by atoms with Crippen molar-refractivity contribution in [3.05, 3.63) is 0 Å². The lowest BCUT2D eigenvalue weighted by Crippen LogP contribution is -2.86. The number of hydrogen-bond acceptors (Lipinski definition) is 7. The second-order valence-corrected chi connectivity index (χ2v) is 13.9. The van der Waals surface area contributed by atoms with Crippen LogP contribution in [0.15, 0.2) is 0 Å². The first-order valence-electron chi connectivity index (χ1n) is 20.6. The summed E-state index contributed by atoms with van der Waals surface area (Å²) in [5.41, 5.74) is 5.50. The van der Waals surface area contributed by atoms with E-state index in [-0.39, 0.29) is 37.7 Å². The van der Waals surface area contributed by atoms with Crippen LogP contribution in [-0.2, 0) is 28.6 Å². The molecule has 0 rings (SSSR count). The van der Waals surface area contributed by atoms with Gasteiger partial charge in [-0.2, -0.15) is 0 Å². The van der Waals surface area contributed by atoms with Gasteiger partial charge in [0.25, 0.3) is 0 Å². The highest BCUT2D eigenvalue weighted by Gasteiger charge is 2.20. The highest BCUT2D eigenvalue weighted by Crippen LogP contribution is 2.15. The highest BCUT2D eigenvalue weighted by atomic mass is 16.6. The van der Waals surface area contributed by atoms with Gasteiger partial charge in [-0.05, 0) is 19.4 Å². The van der Waals surface area contributed by atoms with Gasteiger partial charge in [-0.1, -0.05) is 168 Å². The van der Waals surface area contributed by atoms with Gasteiger partial charge >= 0.3 is 17.9 Å². The Morgan fingerprint density at radius 2 is 0.833 bits per heavy atom. The van der Waals surface area contributed by atoms with Crippen molar-refractivity contribution in [3.63, 3.8) is 0 Å². The lowest BCUT2D eigenvalue weighted by molar-refractivity contribution is -0.645. The molecule has 0 aliphatic carbocycles. The molecular weight excluding hydrogens is 604 g/mol. The zero-order valence-corrected chi connectivity index (χ0v) is 31.7. The van der Waals surface area contributed by atoms with Crippen LogP contribution in [0.25, 0.3) is 0 Å². The summed E-state index contributed by atoms with van der Waals surface area (Å²) in [6, 6.07) is 0. The van der Waals surface area contributed by atoms with Gasteiger partial charge in [-0.15, -0.1) is 0 Å². The Morgan fingerprint density at radius 3 is 1.23 bits per heavy atom. The molecule has 0 bridgehead atoms. The van der Waals surface area contributed by atoms with Crippen molar-refractivity contribution in [1.82, 2.24) is 0 Å². The third kappa shape index (κ3) is 35.6. The van der Waals surface area contributed by atoms with Crippen molar-refractivity contribution in [2.75, 3.05) is 32.8 Å². The zero-order valence-electron chi connectivity index (χ0n) is 31.7. The minimum Gasteiger partial charge on any atom is -0.462 e. The monoisotopic (exact) mass is 684 g/mol. The molecule has 0 aromatic rings. The lowest BCUT2D eigenvalue weighted by atomic mass is 10.0. The molecule has 0 saturated heterocycles. The van der Waals surface area contributed by atoms with Crippen molar-refractivity contribution in [1.29, 1.82) is 0 Å². The van der Waals surface area contributed by atoms with E-state index in [1.807, 2.05) is 5.32 Å². The Balaban J connectivity index is 4.17. The maximum atomic E-state index is 12.6. The van der Waals surface area contributed by atoms with Crippen molar-refractivity contribution in [2.45, 2.75) is 206 Å². The largest absolute Gasteiger partial charge is 0.462 e. The van der Waals surface area contributed by atoms with Gasteiger partial charge < -0.3 is 25.3 Å². The van der Waals surface area contributed by atoms with Gasteiger partial charge in [-0.25, -0.2) is 4.79 Å². The Kier molecular flexibility index (Phi) is 36.8. The van der Waals surface area contributed by atoms with Gasteiger partial charge in [-0.3, -0.25) is 9.59 Å². The molecule has 8 heteroatoms. The molecule has 0 aliphatic heterocycles. The number of carbonyl (C=O) groups is 3. The molecule has 284 valence electrons. The van der Waals surface area contributed by atoms with E-state index >= 15 is 0 Å². The van der Waals surface area contributed by atoms with E-state index in [4.69, 9.17) is 19.9 Å². The molecule has 0 aromatic heterocycles. The summed E-state index contributed by atoms with van der Waals surface area (Å²) in [5, 5.41) is 1.85. The number of esters is 3. The molecule has 4 N–H and O–H groups in total. The van der Waals surface area contributed by atoms with Crippen LogP contribution >= 0.6 is 0 Å². The smallest absolute Gasteiger partial charge is 0.361 e. The van der Waals surface area contributed by atoms with Crippen LogP contribution in [0.4, 0.5) is 0 Å². The van der Waals surface area contributed by atoms with E-state index in [0.29, 0.717) is 19.4 Å². The molecule has 0 saturated carbocycles. The fourth-order valence-corrected chi connectivity index (χ4v) is 5.92. The van der Waals surface area contributed by atoms with E-state index < -0.39 is 6.10 Å². The molecule has 0 heterocycles. The summed E-state index contributed by atoms with van der Waals surface area (Å²) in [7, 11) is 0. The molecule has 0 spiro atoms. The number of unbranched alkanes of at least 4 members (excludes halogenated alkanes) is 24. The van der Waals surface area contributed by atoms with E-state index in [0.717, 1.165) is 51.5 Å². The second kappa shape index (κ2) is 38.1. The number of ether oxygens (including phenoxy) is 3. The van der Waals surface area contributed by atoms with Crippen LogP contribution in [0.2, 0.25) is 0 Å². The molecule has 1 unspecified atom stereocenters. The topological polar surface area (TPSA) is 122 Å². The summed E-state index contributed by atoms with van der Waals surface area (Å²) < 4.78 is 16.4. The average molecular weight is 684 g/mol. The summed E-state index contributed by atoms with van der Waals surface area (Å²) in [6.07, 6.45) is 33.1. The van der Waals surface area contributed by atoms with E-state index in [1.165, 1.54) is 128 Å². The van der Waals surface area contributed by atoms with Gasteiger partial charge in [0.1, 0.15) is 13.2 Å². The third-order valence-corrected chi connectivity index (χ3v) is 9.05. The number of nitrogens with two attached hydrogens (primary N) is 2. The van der Waals surface area contributed by atoms with E-state index in [2.05, 4.69) is 13.8 Å². The van der Waals surface area contributed by atoms with Crippen LogP contribution in [0.3, 0.4) is 0 Å². The first-order valence-corrected chi connectivity index (χ1v) is 20.6. The van der Waals surface area contributed by atoms with Crippen LogP contribution in [0.1, 0.15) is 200 Å². The van der Waals surface area contributed by atoms with Crippen molar-refractivity contribution in [3.8, 4) is 0 Å². The molecule has 0 amide bonds. The van der Waals surface area contributed by atoms with Gasteiger partial charge in [0.15, 0.2) is 12.6 Å². The minimum absolute atomic E-state index is 0.0915. The normalized spacial score (nSPS) is 11.8. The first kappa shape index (κ1) is 46.3. The molecule has 0 radical (unpaired) electrons. The maximum Gasteiger partial charge on any atom is 0.361 e. The lowest BCUT2D eigenvalue weighted by Gasteiger charge is -2.18. The fraction of sp³-hybridized carbons (Fsp3) is 0.925. The summed E-state index contributed by atoms with van der Waals surface area (Å²) >= 11 is 0. The standard InChI is InChI=1S/C40H78N2O6/c1-3-5-7-9-11-13-15-17-19-21-23-25-27-30-38(43)46-35-37(36-47-40(45)34-42-33-29-32-41)48-39(44)31-28-26-24-22-20-18-16-14-12-10-8-6-4-2/h37,42H,3-36,41H2,1-2H3/p+1. The van der Waals surface area contributed by atoms with Crippen LogP contribution in [0.5, 0.6) is 0 Å². The Morgan fingerprint density at radius 1 is 0.479 bits per heavy atom. The predicted molar refractivity (Wildman–Crippen MR) is 198 cm³/mol. The van der Waals surface area contributed by atoms with E-state index in [1.54, 1.807) is 0 Å². The molecule has 8 nitrogen and oxygen atoms in total. The van der Waals surface area contributed by atoms with Gasteiger partial charge in [0, 0.05) is 19.3 Å². The van der Waals surface area contributed by atoms with Crippen LogP contribution in [-0.4, -0.2) is 56.9 Å². The molecule has 0 aliphatic rings. The number of carbonyl (C=O) groups excluding carboxylic acids is 3. The number of hydrogen-bond donors (Lipinski definition) is 2. The average Bonchev–Trinajstić information content (AvgIpc) is 3.08. The zero-order chi connectivity index (χ0) is 35.2. The SMILES string of the molecule is CCCCCCCCCCCCCCCC(=O)OCC(COC(=O)C[NH2+]CCCN)OC(=O)CCCCCCCCCCCCCCC. The fourth-order valence-electron chi connectivity index (χ4n) is 5.92.